The predicted octanol–water partition coefficient (Wildman–Crippen LogP) is 5.50. The first kappa shape index (κ1) is 16.6. The summed E-state index contributed by atoms with van der Waals surface area (Å²) in [6.45, 7) is 4.57. The molecule has 0 saturated carbocycles. The first-order valence-corrected chi connectivity index (χ1v) is 8.51. The maximum absolute atomic E-state index is 5.35. The van der Waals surface area contributed by atoms with E-state index in [1.165, 1.54) is 36.8 Å². The normalized spacial score (nSPS) is 19.2. The van der Waals surface area contributed by atoms with Gasteiger partial charge in [0.25, 0.3) is 0 Å². The Labute approximate surface area is 135 Å². The zero-order chi connectivity index (χ0) is 15.8. The molecule has 0 heterocycles. The molecule has 2 rings (SSSR count). The maximum Gasteiger partial charge on any atom is 0.00209 e. The van der Waals surface area contributed by atoms with Crippen molar-refractivity contribution < 1.29 is 0 Å². The van der Waals surface area contributed by atoms with Gasteiger partial charge in [-0.3, -0.25) is 0 Å². The summed E-state index contributed by atoms with van der Waals surface area (Å²) in [6.07, 6.45) is 16.2. The second-order valence-electron chi connectivity index (χ2n) is 6.68. The van der Waals surface area contributed by atoms with Crippen LogP contribution in [0.2, 0.25) is 0 Å². The first-order chi connectivity index (χ1) is 10.7. The van der Waals surface area contributed by atoms with Gasteiger partial charge in [-0.2, -0.15) is 0 Å². The van der Waals surface area contributed by atoms with Crippen LogP contribution < -0.4 is 5.73 Å². The highest BCUT2D eigenvalue weighted by atomic mass is 14.5. The molecule has 0 bridgehead atoms. The molecule has 0 aliphatic heterocycles. The summed E-state index contributed by atoms with van der Waals surface area (Å²) < 4.78 is 0. The molecule has 1 aromatic carbocycles. The van der Waals surface area contributed by atoms with Crippen LogP contribution in [0, 0.1) is 5.92 Å². The lowest BCUT2D eigenvalue weighted by molar-refractivity contribution is 0.621. The third kappa shape index (κ3) is 5.22. The monoisotopic (exact) mass is 295 g/mol. The summed E-state index contributed by atoms with van der Waals surface area (Å²) in [5.74, 6) is 1.31. The van der Waals surface area contributed by atoms with Crippen molar-refractivity contribution in [1.29, 1.82) is 0 Å². The van der Waals surface area contributed by atoms with E-state index in [0.29, 0.717) is 11.8 Å². The van der Waals surface area contributed by atoms with Gasteiger partial charge < -0.3 is 5.73 Å². The van der Waals surface area contributed by atoms with Crippen LogP contribution in [0.15, 0.2) is 60.3 Å². The van der Waals surface area contributed by atoms with Crippen LogP contribution in [0.1, 0.15) is 56.6 Å². The maximum atomic E-state index is 5.35. The van der Waals surface area contributed by atoms with Gasteiger partial charge in [-0.1, -0.05) is 61.9 Å². The number of benzene rings is 1. The van der Waals surface area contributed by atoms with E-state index in [-0.39, 0.29) is 0 Å². The van der Waals surface area contributed by atoms with Crippen molar-refractivity contribution >= 4 is 0 Å². The molecule has 1 unspecified atom stereocenters. The van der Waals surface area contributed by atoms with Crippen LogP contribution in [0.5, 0.6) is 0 Å². The number of rotatable bonds is 6. The summed E-state index contributed by atoms with van der Waals surface area (Å²) in [4.78, 5) is 0. The predicted molar refractivity (Wildman–Crippen MR) is 96.7 cm³/mol. The minimum absolute atomic E-state index is 0.592. The van der Waals surface area contributed by atoms with Gasteiger partial charge in [-0.25, -0.2) is 0 Å². The minimum atomic E-state index is 0.592. The zero-order valence-corrected chi connectivity index (χ0v) is 14.0. The number of hydrogen-bond acceptors (Lipinski definition) is 1. The van der Waals surface area contributed by atoms with Crippen LogP contribution in [0.25, 0.3) is 0 Å². The lowest BCUT2D eigenvalue weighted by Crippen LogP contribution is -2.04. The van der Waals surface area contributed by atoms with Crippen LogP contribution >= 0.6 is 0 Å². The highest BCUT2D eigenvalue weighted by molar-refractivity contribution is 5.32. The Morgan fingerprint density at radius 1 is 1.27 bits per heavy atom. The molecule has 0 aromatic heterocycles. The summed E-state index contributed by atoms with van der Waals surface area (Å²) in [5.41, 5.74) is 9.87. The summed E-state index contributed by atoms with van der Waals surface area (Å²) in [7, 11) is 0. The van der Waals surface area contributed by atoms with Gasteiger partial charge in [-0.15, -0.1) is 0 Å². The number of hydrogen-bond donors (Lipinski definition) is 1. The standard InChI is InChI=1S/C21H29N/c1-17(2)14-19-10-7-12-21(16-19)20-11-6-9-18(15-20)8-4-3-5-13-22/h3-5,7,10,12-13,15-17,20H,6,8-9,11,14,22H2,1-2H3/b4-3-,13-5-. The Morgan fingerprint density at radius 2 is 2.14 bits per heavy atom. The van der Waals surface area contributed by atoms with E-state index in [0.717, 1.165) is 6.42 Å². The molecule has 118 valence electrons. The van der Waals surface area contributed by atoms with Crippen molar-refractivity contribution in [1.82, 2.24) is 0 Å². The Kier molecular flexibility index (Phi) is 6.51. The van der Waals surface area contributed by atoms with E-state index in [2.05, 4.69) is 50.3 Å². The first-order valence-electron chi connectivity index (χ1n) is 8.51. The van der Waals surface area contributed by atoms with E-state index in [1.807, 2.05) is 12.2 Å². The van der Waals surface area contributed by atoms with E-state index in [1.54, 1.807) is 11.8 Å². The van der Waals surface area contributed by atoms with Crippen molar-refractivity contribution in [2.75, 3.05) is 0 Å². The largest absolute Gasteiger partial charge is 0.405 e. The third-order valence-electron chi connectivity index (χ3n) is 4.21. The fourth-order valence-corrected chi connectivity index (χ4v) is 3.22. The molecule has 1 nitrogen and oxygen atoms in total. The van der Waals surface area contributed by atoms with Gasteiger partial charge >= 0.3 is 0 Å². The number of allylic oxidation sites excluding steroid dienone is 5. The Hall–Kier alpha value is -1.76. The van der Waals surface area contributed by atoms with Gasteiger partial charge in [0.15, 0.2) is 0 Å². The minimum Gasteiger partial charge on any atom is -0.405 e. The highest BCUT2D eigenvalue weighted by Gasteiger charge is 2.15. The average molecular weight is 295 g/mol. The topological polar surface area (TPSA) is 26.0 Å². The lowest BCUT2D eigenvalue weighted by Gasteiger charge is -2.22. The molecule has 0 amide bonds. The van der Waals surface area contributed by atoms with Crippen molar-refractivity contribution in [2.24, 2.45) is 11.7 Å². The van der Waals surface area contributed by atoms with E-state index < -0.39 is 0 Å². The van der Waals surface area contributed by atoms with Crippen molar-refractivity contribution in [2.45, 2.75) is 51.9 Å². The SMILES string of the molecule is CC(C)Cc1cccc(C2C=C(C/C=C\C=C/N)CCC2)c1. The fourth-order valence-electron chi connectivity index (χ4n) is 3.22. The van der Waals surface area contributed by atoms with Crippen molar-refractivity contribution in [3.63, 3.8) is 0 Å². The zero-order valence-electron chi connectivity index (χ0n) is 14.0. The quantitative estimate of drug-likeness (QED) is 0.544. The Morgan fingerprint density at radius 3 is 2.91 bits per heavy atom. The van der Waals surface area contributed by atoms with Crippen LogP contribution in [-0.2, 0) is 6.42 Å². The molecule has 2 N–H and O–H groups in total. The molecular formula is C21H29N. The van der Waals surface area contributed by atoms with Crippen LogP contribution in [-0.4, -0.2) is 0 Å². The molecule has 0 radical (unpaired) electrons. The molecule has 0 fully saturated rings. The molecular weight excluding hydrogens is 266 g/mol. The van der Waals surface area contributed by atoms with Crippen LogP contribution in [0.3, 0.4) is 0 Å². The summed E-state index contributed by atoms with van der Waals surface area (Å²) in [6, 6.07) is 9.19. The number of nitrogens with two attached hydrogens (primary N) is 1. The highest BCUT2D eigenvalue weighted by Crippen LogP contribution is 2.33. The van der Waals surface area contributed by atoms with Crippen molar-refractivity contribution in [3.05, 3.63) is 71.5 Å². The van der Waals surface area contributed by atoms with E-state index >= 15 is 0 Å². The molecule has 1 heteroatoms. The average Bonchev–Trinajstić information content (AvgIpc) is 2.52. The van der Waals surface area contributed by atoms with E-state index in [4.69, 9.17) is 5.73 Å². The second kappa shape index (κ2) is 8.63. The van der Waals surface area contributed by atoms with Gasteiger partial charge in [0, 0.05) is 5.92 Å². The van der Waals surface area contributed by atoms with E-state index in [9.17, 15) is 0 Å². The van der Waals surface area contributed by atoms with Gasteiger partial charge in [0.05, 0.1) is 0 Å². The Bertz CT molecular complexity index is 549. The molecule has 1 aliphatic rings. The third-order valence-corrected chi connectivity index (χ3v) is 4.21. The smallest absolute Gasteiger partial charge is 0.00209 e. The molecule has 22 heavy (non-hydrogen) atoms. The van der Waals surface area contributed by atoms with Gasteiger partial charge in [-0.05, 0) is 61.4 Å². The molecule has 0 saturated heterocycles. The fraction of sp³-hybridized carbons (Fsp3) is 0.429. The molecule has 1 aromatic rings. The lowest BCUT2D eigenvalue weighted by atomic mass is 9.84. The van der Waals surface area contributed by atoms with Gasteiger partial charge in [0.1, 0.15) is 0 Å². The molecule has 1 atom stereocenters. The molecule has 0 spiro atoms. The van der Waals surface area contributed by atoms with Gasteiger partial charge in [0.2, 0.25) is 0 Å². The summed E-state index contributed by atoms with van der Waals surface area (Å²) >= 11 is 0. The van der Waals surface area contributed by atoms with Crippen molar-refractivity contribution in [3.8, 4) is 0 Å². The van der Waals surface area contributed by atoms with Crippen LogP contribution in [0.4, 0.5) is 0 Å². The Balaban J connectivity index is 2.07. The molecule has 1 aliphatic carbocycles. The second-order valence-corrected chi connectivity index (χ2v) is 6.68. The summed E-state index contributed by atoms with van der Waals surface area (Å²) in [5, 5.41) is 0.